The third-order valence-electron chi connectivity index (χ3n) is 7.74. The summed E-state index contributed by atoms with van der Waals surface area (Å²) in [4.78, 5) is 17.0. The summed E-state index contributed by atoms with van der Waals surface area (Å²) in [5.41, 5.74) is 5.54. The van der Waals surface area contributed by atoms with Crippen LogP contribution in [0.2, 0.25) is 0 Å². The molecule has 3 aromatic rings. The van der Waals surface area contributed by atoms with Gasteiger partial charge in [0, 0.05) is 45.8 Å². The number of carbonyl (C=O) groups is 1. The van der Waals surface area contributed by atoms with E-state index in [2.05, 4.69) is 89.8 Å². The Labute approximate surface area is 203 Å². The van der Waals surface area contributed by atoms with Crippen LogP contribution in [0.3, 0.4) is 0 Å². The molecule has 34 heavy (non-hydrogen) atoms. The highest BCUT2D eigenvalue weighted by atomic mass is 16.5. The van der Waals surface area contributed by atoms with Gasteiger partial charge in [-0.25, -0.2) is 0 Å². The van der Waals surface area contributed by atoms with E-state index in [0.717, 1.165) is 45.6 Å². The van der Waals surface area contributed by atoms with E-state index in [1.807, 2.05) is 4.90 Å². The molecule has 2 aliphatic rings. The quantitative estimate of drug-likeness (QED) is 0.513. The minimum Gasteiger partial charge on any atom is -0.375 e. The third kappa shape index (κ3) is 4.79. The fourth-order valence-corrected chi connectivity index (χ4v) is 6.00. The van der Waals surface area contributed by atoms with Crippen molar-refractivity contribution in [3.63, 3.8) is 0 Å². The van der Waals surface area contributed by atoms with Gasteiger partial charge < -0.3 is 9.64 Å². The minimum absolute atomic E-state index is 0.112. The van der Waals surface area contributed by atoms with Crippen molar-refractivity contribution in [3.05, 3.63) is 96.1 Å². The van der Waals surface area contributed by atoms with E-state index >= 15 is 0 Å². The highest BCUT2D eigenvalue weighted by Gasteiger charge is 2.48. The van der Waals surface area contributed by atoms with Crippen LogP contribution in [0, 0.1) is 5.41 Å². The highest BCUT2D eigenvalue weighted by molar-refractivity contribution is 5.77. The van der Waals surface area contributed by atoms with Gasteiger partial charge in [-0.1, -0.05) is 78.9 Å². The summed E-state index contributed by atoms with van der Waals surface area (Å²) in [6, 6.07) is 30.6. The van der Waals surface area contributed by atoms with Crippen LogP contribution in [0.25, 0.3) is 11.1 Å². The Bertz CT molecular complexity index is 1090. The number of ether oxygens (including phenoxy) is 1. The maximum Gasteiger partial charge on any atom is 0.248 e. The first-order valence-electron chi connectivity index (χ1n) is 12.4. The number of amides is 1. The second-order valence-electron chi connectivity index (χ2n) is 9.88. The second-order valence-corrected chi connectivity index (χ2v) is 9.88. The third-order valence-corrected chi connectivity index (χ3v) is 7.74. The predicted octanol–water partition coefficient (Wildman–Crippen LogP) is 5.21. The molecular formula is C30H34N2O2. The molecule has 0 N–H and O–H groups in total. The molecule has 0 saturated carbocycles. The molecule has 1 atom stereocenters. The average molecular weight is 455 g/mol. The Kier molecular flexibility index (Phi) is 6.80. The molecule has 4 heteroatoms. The lowest BCUT2D eigenvalue weighted by Gasteiger charge is -2.43. The van der Waals surface area contributed by atoms with Crippen LogP contribution in [-0.4, -0.2) is 55.6 Å². The Morgan fingerprint density at radius 3 is 2.29 bits per heavy atom. The molecule has 1 amide bonds. The van der Waals surface area contributed by atoms with E-state index < -0.39 is 0 Å². The zero-order chi connectivity index (χ0) is 23.4. The molecule has 176 valence electrons. The topological polar surface area (TPSA) is 32.8 Å². The summed E-state index contributed by atoms with van der Waals surface area (Å²) in [5, 5.41) is 0. The monoisotopic (exact) mass is 454 g/mol. The largest absolute Gasteiger partial charge is 0.375 e. The van der Waals surface area contributed by atoms with Crippen LogP contribution >= 0.6 is 0 Å². The molecule has 0 unspecified atom stereocenters. The standard InChI is InChI=1S/C30H34N2O2/c1-34-22-29(33)32-17-15-30(16-18-32)23-31(21-28(30)26-12-6-3-7-13-26)20-24-9-8-14-27(19-24)25-10-4-2-5-11-25/h2-14,19,28H,15-18,20-23H2,1H3/t28-/m1/s1. The lowest BCUT2D eigenvalue weighted by atomic mass is 9.68. The van der Waals surface area contributed by atoms with E-state index in [4.69, 9.17) is 4.74 Å². The number of piperidine rings is 1. The van der Waals surface area contributed by atoms with Crippen molar-refractivity contribution in [1.82, 2.24) is 9.80 Å². The van der Waals surface area contributed by atoms with Gasteiger partial charge in [-0.15, -0.1) is 0 Å². The summed E-state index contributed by atoms with van der Waals surface area (Å²) in [6.45, 7) is 4.92. The molecule has 4 nitrogen and oxygen atoms in total. The van der Waals surface area contributed by atoms with Gasteiger partial charge in [-0.2, -0.15) is 0 Å². The van der Waals surface area contributed by atoms with E-state index in [1.54, 1.807) is 7.11 Å². The molecule has 0 bridgehead atoms. The minimum atomic E-state index is 0.112. The van der Waals surface area contributed by atoms with Crippen molar-refractivity contribution in [3.8, 4) is 11.1 Å². The summed E-state index contributed by atoms with van der Waals surface area (Å²) in [7, 11) is 1.59. The zero-order valence-electron chi connectivity index (χ0n) is 20.0. The van der Waals surface area contributed by atoms with Gasteiger partial charge in [0.15, 0.2) is 0 Å². The number of rotatable bonds is 6. The summed E-state index contributed by atoms with van der Waals surface area (Å²) < 4.78 is 5.09. The van der Waals surface area contributed by atoms with E-state index in [1.165, 1.54) is 22.3 Å². The van der Waals surface area contributed by atoms with Crippen molar-refractivity contribution in [1.29, 1.82) is 0 Å². The van der Waals surface area contributed by atoms with Crippen molar-refractivity contribution < 1.29 is 9.53 Å². The number of benzene rings is 3. The maximum absolute atomic E-state index is 12.4. The van der Waals surface area contributed by atoms with Crippen LogP contribution in [0.4, 0.5) is 0 Å². The van der Waals surface area contributed by atoms with Crippen molar-refractivity contribution in [2.24, 2.45) is 5.41 Å². The van der Waals surface area contributed by atoms with Crippen LogP contribution in [-0.2, 0) is 16.1 Å². The fourth-order valence-electron chi connectivity index (χ4n) is 6.00. The smallest absolute Gasteiger partial charge is 0.248 e. The summed E-state index contributed by atoms with van der Waals surface area (Å²) in [6.07, 6.45) is 2.09. The van der Waals surface area contributed by atoms with Crippen LogP contribution in [0.15, 0.2) is 84.9 Å². The Hall–Kier alpha value is -2.95. The van der Waals surface area contributed by atoms with Gasteiger partial charge in [0.05, 0.1) is 0 Å². The SMILES string of the molecule is COCC(=O)N1CCC2(CC1)CN(Cc1cccc(-c3ccccc3)c1)C[C@@H]2c1ccccc1. The average Bonchev–Trinajstić information content (AvgIpc) is 3.22. The highest BCUT2D eigenvalue weighted by Crippen LogP contribution is 2.50. The van der Waals surface area contributed by atoms with E-state index in [9.17, 15) is 4.79 Å². The van der Waals surface area contributed by atoms with Gasteiger partial charge in [-0.3, -0.25) is 9.69 Å². The van der Waals surface area contributed by atoms with Gasteiger partial charge >= 0.3 is 0 Å². The normalized spacial score (nSPS) is 20.0. The molecular weight excluding hydrogens is 420 g/mol. The van der Waals surface area contributed by atoms with Gasteiger partial charge in [-0.05, 0) is 46.6 Å². The predicted molar refractivity (Wildman–Crippen MR) is 136 cm³/mol. The molecule has 0 aromatic heterocycles. The molecule has 5 rings (SSSR count). The number of likely N-dealkylation sites (tertiary alicyclic amines) is 2. The Morgan fingerprint density at radius 2 is 1.59 bits per heavy atom. The number of methoxy groups -OCH3 is 1. The lowest BCUT2D eigenvalue weighted by molar-refractivity contribution is -0.137. The number of nitrogens with zero attached hydrogens (tertiary/aromatic N) is 2. The molecule has 1 spiro atoms. The first-order chi connectivity index (χ1) is 16.7. The van der Waals surface area contributed by atoms with Crippen LogP contribution < -0.4 is 0 Å². The van der Waals surface area contributed by atoms with Gasteiger partial charge in [0.25, 0.3) is 0 Å². The first kappa shape index (κ1) is 22.8. The number of hydrogen-bond acceptors (Lipinski definition) is 3. The summed E-state index contributed by atoms with van der Waals surface area (Å²) >= 11 is 0. The van der Waals surface area contributed by atoms with E-state index in [0.29, 0.717) is 5.92 Å². The Balaban J connectivity index is 1.35. The zero-order valence-corrected chi connectivity index (χ0v) is 20.0. The van der Waals surface area contributed by atoms with Crippen molar-refractivity contribution >= 4 is 5.91 Å². The molecule has 2 aliphatic heterocycles. The fraction of sp³-hybridized carbons (Fsp3) is 0.367. The van der Waals surface area contributed by atoms with Crippen LogP contribution in [0.5, 0.6) is 0 Å². The second kappa shape index (κ2) is 10.1. The van der Waals surface area contributed by atoms with Gasteiger partial charge in [0.1, 0.15) is 6.61 Å². The molecule has 2 fully saturated rings. The number of hydrogen-bond donors (Lipinski definition) is 0. The van der Waals surface area contributed by atoms with Crippen molar-refractivity contribution in [2.45, 2.75) is 25.3 Å². The molecule has 2 heterocycles. The van der Waals surface area contributed by atoms with Gasteiger partial charge in [0.2, 0.25) is 5.91 Å². The maximum atomic E-state index is 12.4. The molecule has 0 aliphatic carbocycles. The van der Waals surface area contributed by atoms with E-state index in [-0.39, 0.29) is 17.9 Å². The first-order valence-corrected chi connectivity index (χ1v) is 12.4. The lowest BCUT2D eigenvalue weighted by Crippen LogP contribution is -2.47. The van der Waals surface area contributed by atoms with Crippen molar-refractivity contribution in [2.75, 3.05) is 39.9 Å². The number of carbonyl (C=O) groups excluding carboxylic acids is 1. The molecule has 2 saturated heterocycles. The Morgan fingerprint density at radius 1 is 0.912 bits per heavy atom. The molecule has 3 aromatic carbocycles. The molecule has 0 radical (unpaired) electrons. The summed E-state index contributed by atoms with van der Waals surface area (Å²) in [5.74, 6) is 0.604. The van der Waals surface area contributed by atoms with Crippen LogP contribution in [0.1, 0.15) is 29.9 Å².